The van der Waals surface area contributed by atoms with Gasteiger partial charge in [-0.25, -0.2) is 4.39 Å². The first-order valence-corrected chi connectivity index (χ1v) is 8.51. The summed E-state index contributed by atoms with van der Waals surface area (Å²) in [5.74, 6) is -0.475. The molecule has 1 aliphatic heterocycles. The second-order valence-corrected chi connectivity index (χ2v) is 6.64. The zero-order valence-electron chi connectivity index (χ0n) is 13.3. The van der Waals surface area contributed by atoms with Crippen LogP contribution in [0.2, 0.25) is 5.02 Å². The molecule has 1 atom stereocenters. The molecule has 1 unspecified atom stereocenters. The summed E-state index contributed by atoms with van der Waals surface area (Å²) in [4.78, 5) is 14.7. The maximum Gasteiger partial charge on any atom is 0.228 e. The first-order chi connectivity index (χ1) is 11.6. The smallest absolute Gasteiger partial charge is 0.228 e. The number of carbonyl (C=O) groups is 1. The first-order valence-electron chi connectivity index (χ1n) is 8.13. The summed E-state index contributed by atoms with van der Waals surface area (Å²) in [6.07, 6.45) is 1.83. The SMILES string of the molecule is O=C(Nc1cccc(F)c1)C1CCCN(Cc2cccc(Cl)c2)C1. The predicted octanol–water partition coefficient (Wildman–Crippen LogP) is 4.33. The van der Waals surface area contributed by atoms with Gasteiger partial charge < -0.3 is 5.32 Å². The van der Waals surface area contributed by atoms with Crippen molar-refractivity contribution in [3.63, 3.8) is 0 Å². The third-order valence-electron chi connectivity index (χ3n) is 4.26. The van der Waals surface area contributed by atoms with E-state index in [-0.39, 0.29) is 17.6 Å². The molecule has 24 heavy (non-hydrogen) atoms. The van der Waals surface area contributed by atoms with Gasteiger partial charge in [-0.3, -0.25) is 9.69 Å². The number of amides is 1. The molecule has 126 valence electrons. The van der Waals surface area contributed by atoms with Crippen LogP contribution in [0.4, 0.5) is 10.1 Å². The molecule has 1 saturated heterocycles. The number of likely N-dealkylation sites (tertiary alicyclic amines) is 1. The predicted molar refractivity (Wildman–Crippen MR) is 94.5 cm³/mol. The van der Waals surface area contributed by atoms with Crippen LogP contribution in [-0.2, 0) is 11.3 Å². The fourth-order valence-electron chi connectivity index (χ4n) is 3.12. The molecule has 0 bridgehead atoms. The summed E-state index contributed by atoms with van der Waals surface area (Å²) >= 11 is 6.03. The van der Waals surface area contributed by atoms with Crippen LogP contribution in [0.15, 0.2) is 48.5 Å². The quantitative estimate of drug-likeness (QED) is 0.893. The lowest BCUT2D eigenvalue weighted by molar-refractivity contribution is -0.121. The molecule has 1 fully saturated rings. The molecular formula is C19H20ClFN2O. The van der Waals surface area contributed by atoms with Crippen LogP contribution >= 0.6 is 11.6 Å². The number of anilines is 1. The molecule has 1 amide bonds. The minimum atomic E-state index is -0.348. The fourth-order valence-corrected chi connectivity index (χ4v) is 3.33. The van der Waals surface area contributed by atoms with Crippen LogP contribution < -0.4 is 5.32 Å². The third kappa shape index (κ3) is 4.56. The average molecular weight is 347 g/mol. The van der Waals surface area contributed by atoms with Gasteiger partial charge in [-0.15, -0.1) is 0 Å². The number of halogens is 2. The molecule has 1 heterocycles. The number of nitrogens with zero attached hydrogens (tertiary/aromatic N) is 1. The van der Waals surface area contributed by atoms with E-state index in [1.54, 1.807) is 12.1 Å². The maximum atomic E-state index is 13.2. The highest BCUT2D eigenvalue weighted by Crippen LogP contribution is 2.21. The standard InChI is InChI=1S/C19H20ClFN2O/c20-16-6-1-4-14(10-16)12-23-9-3-5-15(13-23)19(24)22-18-8-2-7-17(21)11-18/h1-2,4,6-8,10-11,15H,3,5,9,12-13H2,(H,22,24). The summed E-state index contributed by atoms with van der Waals surface area (Å²) in [5.41, 5.74) is 1.65. The van der Waals surface area contributed by atoms with Crippen molar-refractivity contribution in [2.24, 2.45) is 5.92 Å². The van der Waals surface area contributed by atoms with Gasteiger partial charge >= 0.3 is 0 Å². The molecule has 0 aromatic heterocycles. The van der Waals surface area contributed by atoms with E-state index in [9.17, 15) is 9.18 Å². The van der Waals surface area contributed by atoms with Gasteiger partial charge in [0.05, 0.1) is 5.92 Å². The Labute approximate surface area is 146 Å². The van der Waals surface area contributed by atoms with Crippen LogP contribution in [0, 0.1) is 11.7 Å². The lowest BCUT2D eigenvalue weighted by atomic mass is 9.96. The van der Waals surface area contributed by atoms with E-state index < -0.39 is 0 Å². The van der Waals surface area contributed by atoms with Gasteiger partial charge in [0.1, 0.15) is 5.82 Å². The van der Waals surface area contributed by atoms with Crippen molar-refractivity contribution in [3.05, 3.63) is 64.9 Å². The highest BCUT2D eigenvalue weighted by molar-refractivity contribution is 6.30. The first kappa shape index (κ1) is 16.9. The minimum Gasteiger partial charge on any atom is -0.326 e. The van der Waals surface area contributed by atoms with E-state index in [0.29, 0.717) is 12.2 Å². The van der Waals surface area contributed by atoms with Crippen molar-refractivity contribution >= 4 is 23.2 Å². The van der Waals surface area contributed by atoms with E-state index in [0.717, 1.165) is 36.5 Å². The van der Waals surface area contributed by atoms with E-state index in [1.807, 2.05) is 24.3 Å². The normalized spacial score (nSPS) is 18.3. The number of benzene rings is 2. The molecular weight excluding hydrogens is 327 g/mol. The number of rotatable bonds is 4. The Morgan fingerprint density at radius 3 is 2.88 bits per heavy atom. The number of piperidine rings is 1. The average Bonchev–Trinajstić information content (AvgIpc) is 2.55. The van der Waals surface area contributed by atoms with Gasteiger partial charge in [-0.05, 0) is 55.3 Å². The second kappa shape index (κ2) is 7.77. The Kier molecular flexibility index (Phi) is 5.48. The summed E-state index contributed by atoms with van der Waals surface area (Å²) in [6.45, 7) is 2.45. The highest BCUT2D eigenvalue weighted by atomic mass is 35.5. The van der Waals surface area contributed by atoms with E-state index in [2.05, 4.69) is 10.2 Å². The molecule has 0 spiro atoms. The lowest BCUT2D eigenvalue weighted by Gasteiger charge is -2.32. The van der Waals surface area contributed by atoms with Gasteiger partial charge in [0.25, 0.3) is 0 Å². The highest BCUT2D eigenvalue weighted by Gasteiger charge is 2.25. The monoisotopic (exact) mass is 346 g/mol. The van der Waals surface area contributed by atoms with Crippen molar-refractivity contribution in [1.29, 1.82) is 0 Å². The molecule has 0 aliphatic carbocycles. The molecule has 5 heteroatoms. The zero-order valence-corrected chi connectivity index (χ0v) is 14.1. The molecule has 0 saturated carbocycles. The summed E-state index contributed by atoms with van der Waals surface area (Å²) in [7, 11) is 0. The molecule has 3 rings (SSSR count). The molecule has 2 aromatic carbocycles. The Balaban J connectivity index is 1.59. The van der Waals surface area contributed by atoms with Crippen LogP contribution in [0.3, 0.4) is 0 Å². The Morgan fingerprint density at radius 2 is 2.08 bits per heavy atom. The Bertz CT molecular complexity index is 722. The Hall–Kier alpha value is -1.91. The van der Waals surface area contributed by atoms with Crippen molar-refractivity contribution in [3.8, 4) is 0 Å². The van der Waals surface area contributed by atoms with Gasteiger partial charge in [-0.2, -0.15) is 0 Å². The zero-order chi connectivity index (χ0) is 16.9. The number of carbonyl (C=O) groups excluding carboxylic acids is 1. The Morgan fingerprint density at radius 1 is 1.25 bits per heavy atom. The summed E-state index contributed by atoms with van der Waals surface area (Å²) in [6, 6.07) is 13.8. The molecule has 2 aromatic rings. The summed E-state index contributed by atoms with van der Waals surface area (Å²) < 4.78 is 13.2. The van der Waals surface area contributed by atoms with E-state index >= 15 is 0 Å². The molecule has 1 N–H and O–H groups in total. The maximum absolute atomic E-state index is 13.2. The molecule has 0 radical (unpaired) electrons. The van der Waals surface area contributed by atoms with Crippen molar-refractivity contribution < 1.29 is 9.18 Å². The van der Waals surface area contributed by atoms with Crippen LogP contribution in [0.5, 0.6) is 0 Å². The second-order valence-electron chi connectivity index (χ2n) is 6.20. The van der Waals surface area contributed by atoms with Crippen molar-refractivity contribution in [2.75, 3.05) is 18.4 Å². The van der Waals surface area contributed by atoms with E-state index in [1.165, 1.54) is 12.1 Å². The lowest BCUT2D eigenvalue weighted by Crippen LogP contribution is -2.40. The number of hydrogen-bond donors (Lipinski definition) is 1. The van der Waals surface area contributed by atoms with E-state index in [4.69, 9.17) is 11.6 Å². The van der Waals surface area contributed by atoms with Gasteiger partial charge in [-0.1, -0.05) is 29.8 Å². The molecule has 3 nitrogen and oxygen atoms in total. The van der Waals surface area contributed by atoms with Gasteiger partial charge in [0, 0.05) is 23.8 Å². The van der Waals surface area contributed by atoms with Crippen LogP contribution in [0.25, 0.3) is 0 Å². The topological polar surface area (TPSA) is 32.3 Å². The number of hydrogen-bond acceptors (Lipinski definition) is 2. The van der Waals surface area contributed by atoms with Gasteiger partial charge in [0.15, 0.2) is 0 Å². The molecule has 1 aliphatic rings. The number of nitrogens with one attached hydrogen (secondary N) is 1. The van der Waals surface area contributed by atoms with Crippen LogP contribution in [0.1, 0.15) is 18.4 Å². The summed E-state index contributed by atoms with van der Waals surface area (Å²) in [5, 5.41) is 3.55. The largest absolute Gasteiger partial charge is 0.326 e. The van der Waals surface area contributed by atoms with Crippen LogP contribution in [-0.4, -0.2) is 23.9 Å². The minimum absolute atomic E-state index is 0.0450. The van der Waals surface area contributed by atoms with Gasteiger partial charge in [0.2, 0.25) is 5.91 Å². The fraction of sp³-hybridized carbons (Fsp3) is 0.316. The van der Waals surface area contributed by atoms with Crippen molar-refractivity contribution in [2.45, 2.75) is 19.4 Å². The third-order valence-corrected chi connectivity index (χ3v) is 4.50. The van der Waals surface area contributed by atoms with Crippen molar-refractivity contribution in [1.82, 2.24) is 4.90 Å².